The number of rotatable bonds is 1. The summed E-state index contributed by atoms with van der Waals surface area (Å²) < 4.78 is 5.92. The second-order valence-corrected chi connectivity index (χ2v) is 6.07. The number of fused-ring (bicyclic) bond motifs is 2. The first-order valence-electron chi connectivity index (χ1n) is 8.08. The molecule has 5 nitrogen and oxygen atoms in total. The number of carbonyl (C=O) groups excluding carboxylic acids is 2. The minimum atomic E-state index is -0.685. The van der Waals surface area contributed by atoms with Crippen molar-refractivity contribution in [1.29, 1.82) is 0 Å². The SMILES string of the molecule is CC(=O)N1C[C@@H](C(=O)N2CCc3ccccc32)Oc2ccccc21. The fourth-order valence-corrected chi connectivity index (χ4v) is 3.40. The number of nitrogens with zero attached hydrogens (tertiary/aromatic N) is 2. The third kappa shape index (κ3) is 2.33. The van der Waals surface area contributed by atoms with Crippen molar-refractivity contribution in [2.45, 2.75) is 19.4 Å². The molecule has 0 spiro atoms. The summed E-state index contributed by atoms with van der Waals surface area (Å²) in [6.07, 6.45) is 0.164. The van der Waals surface area contributed by atoms with Gasteiger partial charge in [-0.1, -0.05) is 30.3 Å². The van der Waals surface area contributed by atoms with Gasteiger partial charge in [-0.15, -0.1) is 0 Å². The standard InChI is InChI=1S/C19H18N2O3/c1-13(22)21-12-18(24-17-9-5-4-8-16(17)21)19(23)20-11-10-14-6-2-3-7-15(14)20/h2-9,18H,10-12H2,1H3/t18-/m0/s1. The van der Waals surface area contributed by atoms with Gasteiger partial charge in [-0.25, -0.2) is 0 Å². The zero-order valence-electron chi connectivity index (χ0n) is 13.4. The summed E-state index contributed by atoms with van der Waals surface area (Å²) in [6, 6.07) is 15.2. The number of ether oxygens (including phenoxy) is 1. The van der Waals surface area contributed by atoms with Crippen LogP contribution in [-0.2, 0) is 16.0 Å². The predicted octanol–water partition coefficient (Wildman–Crippen LogP) is 2.39. The molecule has 2 aromatic rings. The molecule has 122 valence electrons. The number of amides is 2. The molecule has 0 aliphatic carbocycles. The fourth-order valence-electron chi connectivity index (χ4n) is 3.40. The van der Waals surface area contributed by atoms with E-state index in [-0.39, 0.29) is 18.4 Å². The van der Waals surface area contributed by atoms with Gasteiger partial charge in [0, 0.05) is 19.2 Å². The summed E-state index contributed by atoms with van der Waals surface area (Å²) in [5.41, 5.74) is 2.83. The largest absolute Gasteiger partial charge is 0.476 e. The average Bonchev–Trinajstić information content (AvgIpc) is 3.04. The molecule has 24 heavy (non-hydrogen) atoms. The average molecular weight is 322 g/mol. The molecule has 2 aliphatic rings. The van der Waals surface area contributed by atoms with Crippen molar-refractivity contribution < 1.29 is 14.3 Å². The first-order valence-corrected chi connectivity index (χ1v) is 8.08. The van der Waals surface area contributed by atoms with Crippen LogP contribution >= 0.6 is 0 Å². The number of para-hydroxylation sites is 3. The Bertz CT molecular complexity index is 818. The second-order valence-electron chi connectivity index (χ2n) is 6.07. The van der Waals surface area contributed by atoms with E-state index in [0.29, 0.717) is 12.3 Å². The van der Waals surface area contributed by atoms with Gasteiger partial charge in [0.15, 0.2) is 6.10 Å². The Hall–Kier alpha value is -2.82. The predicted molar refractivity (Wildman–Crippen MR) is 91.4 cm³/mol. The lowest BCUT2D eigenvalue weighted by atomic mass is 10.1. The van der Waals surface area contributed by atoms with Gasteiger partial charge in [0.2, 0.25) is 5.91 Å². The maximum atomic E-state index is 13.0. The van der Waals surface area contributed by atoms with Crippen molar-refractivity contribution in [3.05, 3.63) is 54.1 Å². The van der Waals surface area contributed by atoms with E-state index in [4.69, 9.17) is 4.74 Å². The van der Waals surface area contributed by atoms with E-state index in [0.717, 1.165) is 17.8 Å². The molecule has 0 fully saturated rings. The lowest BCUT2D eigenvalue weighted by Crippen LogP contribution is -2.51. The van der Waals surface area contributed by atoms with Gasteiger partial charge in [0.1, 0.15) is 5.75 Å². The summed E-state index contributed by atoms with van der Waals surface area (Å²) >= 11 is 0. The van der Waals surface area contributed by atoms with Gasteiger partial charge in [-0.2, -0.15) is 0 Å². The maximum absolute atomic E-state index is 13.0. The Kier molecular flexibility index (Phi) is 3.49. The molecule has 0 radical (unpaired) electrons. The quantitative estimate of drug-likeness (QED) is 0.810. The molecular weight excluding hydrogens is 304 g/mol. The van der Waals surface area contributed by atoms with Crippen molar-refractivity contribution >= 4 is 23.2 Å². The van der Waals surface area contributed by atoms with Crippen molar-refractivity contribution in [2.24, 2.45) is 0 Å². The zero-order valence-corrected chi connectivity index (χ0v) is 13.4. The number of hydrogen-bond acceptors (Lipinski definition) is 3. The van der Waals surface area contributed by atoms with Crippen LogP contribution in [0, 0.1) is 0 Å². The lowest BCUT2D eigenvalue weighted by molar-refractivity contribution is -0.125. The summed E-state index contributed by atoms with van der Waals surface area (Å²) in [4.78, 5) is 28.4. The Labute approximate surface area is 140 Å². The van der Waals surface area contributed by atoms with Gasteiger partial charge in [-0.3, -0.25) is 9.59 Å². The van der Waals surface area contributed by atoms with E-state index in [9.17, 15) is 9.59 Å². The van der Waals surface area contributed by atoms with Crippen LogP contribution in [0.2, 0.25) is 0 Å². The highest BCUT2D eigenvalue weighted by Crippen LogP contribution is 2.35. The van der Waals surface area contributed by atoms with E-state index in [1.54, 1.807) is 15.9 Å². The molecular formula is C19H18N2O3. The van der Waals surface area contributed by atoms with Crippen LogP contribution in [0.3, 0.4) is 0 Å². The highest BCUT2D eigenvalue weighted by Gasteiger charge is 2.37. The number of benzene rings is 2. The van der Waals surface area contributed by atoms with E-state index in [1.165, 1.54) is 12.5 Å². The van der Waals surface area contributed by atoms with Crippen LogP contribution in [0.5, 0.6) is 5.75 Å². The van der Waals surface area contributed by atoms with Gasteiger partial charge in [0.25, 0.3) is 5.91 Å². The molecule has 0 N–H and O–H groups in total. The molecule has 2 heterocycles. The molecule has 2 amide bonds. The van der Waals surface area contributed by atoms with Gasteiger partial charge >= 0.3 is 0 Å². The first-order chi connectivity index (χ1) is 11.6. The van der Waals surface area contributed by atoms with Crippen molar-refractivity contribution in [3.63, 3.8) is 0 Å². The summed E-state index contributed by atoms with van der Waals surface area (Å²) in [5, 5.41) is 0. The molecule has 2 aliphatic heterocycles. The van der Waals surface area contributed by atoms with Crippen molar-refractivity contribution in [2.75, 3.05) is 22.9 Å². The fraction of sp³-hybridized carbons (Fsp3) is 0.263. The number of anilines is 2. The van der Waals surface area contributed by atoms with Crippen LogP contribution in [0.4, 0.5) is 11.4 Å². The van der Waals surface area contributed by atoms with Crippen molar-refractivity contribution in [1.82, 2.24) is 0 Å². The third-order valence-corrected chi connectivity index (χ3v) is 4.58. The zero-order chi connectivity index (χ0) is 16.7. The highest BCUT2D eigenvalue weighted by molar-refractivity contribution is 6.01. The number of hydrogen-bond donors (Lipinski definition) is 0. The van der Waals surface area contributed by atoms with Crippen LogP contribution in [0.15, 0.2) is 48.5 Å². The molecule has 0 unspecified atom stereocenters. The van der Waals surface area contributed by atoms with E-state index in [2.05, 4.69) is 0 Å². The van der Waals surface area contributed by atoms with Crippen molar-refractivity contribution in [3.8, 4) is 5.75 Å². The van der Waals surface area contributed by atoms with Gasteiger partial charge < -0.3 is 14.5 Å². The van der Waals surface area contributed by atoms with E-state index < -0.39 is 6.10 Å². The third-order valence-electron chi connectivity index (χ3n) is 4.58. The monoisotopic (exact) mass is 322 g/mol. The molecule has 0 saturated heterocycles. The smallest absolute Gasteiger partial charge is 0.269 e. The molecule has 4 rings (SSSR count). The Morgan fingerprint density at radius 1 is 1.00 bits per heavy atom. The second kappa shape index (κ2) is 5.67. The lowest BCUT2D eigenvalue weighted by Gasteiger charge is -2.35. The minimum absolute atomic E-state index is 0.0922. The summed E-state index contributed by atoms with van der Waals surface area (Å²) in [6.45, 7) is 2.40. The Morgan fingerprint density at radius 3 is 2.50 bits per heavy atom. The molecule has 5 heteroatoms. The molecule has 0 aromatic heterocycles. The topological polar surface area (TPSA) is 49.9 Å². The van der Waals surface area contributed by atoms with E-state index >= 15 is 0 Å². The first kappa shape index (κ1) is 14.8. The van der Waals surface area contributed by atoms with Crippen LogP contribution in [0.25, 0.3) is 0 Å². The van der Waals surface area contributed by atoms with Crippen LogP contribution < -0.4 is 14.5 Å². The Morgan fingerprint density at radius 2 is 1.71 bits per heavy atom. The number of carbonyl (C=O) groups is 2. The molecule has 0 bridgehead atoms. The summed E-state index contributed by atoms with van der Waals surface area (Å²) in [5.74, 6) is 0.385. The highest BCUT2D eigenvalue weighted by atomic mass is 16.5. The Balaban J connectivity index is 1.64. The van der Waals surface area contributed by atoms with Crippen LogP contribution in [0.1, 0.15) is 12.5 Å². The maximum Gasteiger partial charge on any atom is 0.269 e. The van der Waals surface area contributed by atoms with Crippen LogP contribution in [-0.4, -0.2) is 31.0 Å². The minimum Gasteiger partial charge on any atom is -0.476 e. The molecule has 2 aromatic carbocycles. The van der Waals surface area contributed by atoms with Gasteiger partial charge in [0.05, 0.1) is 12.2 Å². The van der Waals surface area contributed by atoms with E-state index in [1.807, 2.05) is 42.5 Å². The molecule has 1 atom stereocenters. The summed E-state index contributed by atoms with van der Waals surface area (Å²) in [7, 11) is 0. The molecule has 0 saturated carbocycles. The van der Waals surface area contributed by atoms with Gasteiger partial charge in [-0.05, 0) is 30.2 Å². The normalized spacial score (nSPS) is 18.6.